The first-order chi connectivity index (χ1) is 6.79. The lowest BCUT2D eigenvalue weighted by molar-refractivity contribution is -0.145. The standard InChI is InChI=1S/C9H14N2O2S/c12-8-5-14-6-9(13)11(8)7-2-1-3-10-4-7/h7,10H,1-6H2. The summed E-state index contributed by atoms with van der Waals surface area (Å²) in [5.41, 5.74) is 0. The number of nitrogens with one attached hydrogen (secondary N) is 1. The van der Waals surface area contributed by atoms with Crippen LogP contribution in [0.3, 0.4) is 0 Å². The van der Waals surface area contributed by atoms with Gasteiger partial charge in [0.2, 0.25) is 11.8 Å². The number of carbonyl (C=O) groups is 2. The fourth-order valence-corrected chi connectivity index (χ4v) is 2.69. The van der Waals surface area contributed by atoms with Gasteiger partial charge in [-0.2, -0.15) is 0 Å². The fraction of sp³-hybridized carbons (Fsp3) is 0.778. The Morgan fingerprint density at radius 2 is 2.00 bits per heavy atom. The maximum Gasteiger partial charge on any atom is 0.239 e. The first kappa shape index (κ1) is 9.98. The number of amides is 2. The number of piperidine rings is 1. The Bertz CT molecular complexity index is 235. The lowest BCUT2D eigenvalue weighted by atomic mass is 10.1. The number of imide groups is 1. The highest BCUT2D eigenvalue weighted by Gasteiger charge is 2.33. The van der Waals surface area contributed by atoms with E-state index in [1.54, 1.807) is 0 Å². The SMILES string of the molecule is O=C1CSCC(=O)N1C1CCCNC1. The maximum absolute atomic E-state index is 11.6. The fourth-order valence-electron chi connectivity index (χ4n) is 1.96. The summed E-state index contributed by atoms with van der Waals surface area (Å²) in [5, 5.41) is 3.22. The molecule has 2 heterocycles. The quantitative estimate of drug-likeness (QED) is 0.616. The van der Waals surface area contributed by atoms with Crippen LogP contribution in [0.4, 0.5) is 0 Å². The van der Waals surface area contributed by atoms with Gasteiger partial charge in [0, 0.05) is 6.54 Å². The van der Waals surface area contributed by atoms with Crippen LogP contribution in [-0.2, 0) is 9.59 Å². The third-order valence-electron chi connectivity index (χ3n) is 2.62. The van der Waals surface area contributed by atoms with Crippen molar-refractivity contribution in [2.45, 2.75) is 18.9 Å². The van der Waals surface area contributed by atoms with E-state index in [2.05, 4.69) is 5.32 Å². The van der Waals surface area contributed by atoms with Gasteiger partial charge in [-0.1, -0.05) is 0 Å². The van der Waals surface area contributed by atoms with E-state index >= 15 is 0 Å². The van der Waals surface area contributed by atoms with E-state index in [-0.39, 0.29) is 17.9 Å². The second-order valence-corrected chi connectivity index (χ2v) is 4.64. The molecule has 0 aromatic carbocycles. The van der Waals surface area contributed by atoms with Crippen molar-refractivity contribution < 1.29 is 9.59 Å². The zero-order chi connectivity index (χ0) is 9.97. The van der Waals surface area contributed by atoms with Gasteiger partial charge < -0.3 is 5.32 Å². The largest absolute Gasteiger partial charge is 0.315 e. The zero-order valence-corrected chi connectivity index (χ0v) is 8.81. The van der Waals surface area contributed by atoms with Crippen LogP contribution in [0.25, 0.3) is 0 Å². The molecule has 2 amide bonds. The van der Waals surface area contributed by atoms with Crippen molar-refractivity contribution in [3.63, 3.8) is 0 Å². The highest BCUT2D eigenvalue weighted by molar-refractivity contribution is 8.00. The molecular formula is C9H14N2O2S. The Balaban J connectivity index is 2.05. The van der Waals surface area contributed by atoms with Crippen LogP contribution in [0.15, 0.2) is 0 Å². The van der Waals surface area contributed by atoms with Gasteiger partial charge >= 0.3 is 0 Å². The molecule has 2 fully saturated rings. The van der Waals surface area contributed by atoms with Crippen molar-refractivity contribution in [3.8, 4) is 0 Å². The van der Waals surface area contributed by atoms with E-state index in [4.69, 9.17) is 0 Å². The van der Waals surface area contributed by atoms with Gasteiger partial charge in [-0.15, -0.1) is 11.8 Å². The molecule has 0 saturated carbocycles. The number of hydrogen-bond donors (Lipinski definition) is 1. The van der Waals surface area contributed by atoms with Gasteiger partial charge in [0.25, 0.3) is 0 Å². The van der Waals surface area contributed by atoms with E-state index in [0.29, 0.717) is 11.5 Å². The summed E-state index contributed by atoms with van der Waals surface area (Å²) in [6.45, 7) is 1.77. The van der Waals surface area contributed by atoms with Gasteiger partial charge in [-0.05, 0) is 19.4 Å². The van der Waals surface area contributed by atoms with Crippen LogP contribution in [0.2, 0.25) is 0 Å². The van der Waals surface area contributed by atoms with E-state index in [9.17, 15) is 9.59 Å². The second kappa shape index (κ2) is 4.31. The lowest BCUT2D eigenvalue weighted by Crippen LogP contribution is -2.54. The van der Waals surface area contributed by atoms with Crippen molar-refractivity contribution in [3.05, 3.63) is 0 Å². The summed E-state index contributed by atoms with van der Waals surface area (Å²) in [4.78, 5) is 24.6. The van der Waals surface area contributed by atoms with Crippen LogP contribution in [-0.4, -0.2) is 47.4 Å². The molecule has 2 saturated heterocycles. The molecule has 2 aliphatic rings. The number of hydrogen-bond acceptors (Lipinski definition) is 4. The van der Waals surface area contributed by atoms with Crippen LogP contribution in [0.5, 0.6) is 0 Å². The smallest absolute Gasteiger partial charge is 0.239 e. The van der Waals surface area contributed by atoms with E-state index in [0.717, 1.165) is 25.9 Å². The molecule has 14 heavy (non-hydrogen) atoms. The third kappa shape index (κ3) is 1.93. The minimum Gasteiger partial charge on any atom is -0.315 e. The molecule has 1 unspecified atom stereocenters. The minimum absolute atomic E-state index is 0.0139. The molecule has 0 aromatic heterocycles. The van der Waals surface area contributed by atoms with Crippen molar-refractivity contribution in [1.82, 2.24) is 10.2 Å². The maximum atomic E-state index is 11.6. The van der Waals surface area contributed by atoms with Crippen molar-refractivity contribution in [1.29, 1.82) is 0 Å². The normalized spacial score (nSPS) is 29.4. The molecular weight excluding hydrogens is 200 g/mol. The van der Waals surface area contributed by atoms with Crippen molar-refractivity contribution in [2.75, 3.05) is 24.6 Å². The second-order valence-electron chi connectivity index (χ2n) is 3.65. The Morgan fingerprint density at radius 1 is 1.29 bits per heavy atom. The molecule has 2 rings (SSSR count). The van der Waals surface area contributed by atoms with Crippen LogP contribution < -0.4 is 5.32 Å². The summed E-state index contributed by atoms with van der Waals surface area (Å²) < 4.78 is 0. The number of nitrogens with zero attached hydrogens (tertiary/aromatic N) is 1. The molecule has 0 bridgehead atoms. The molecule has 78 valence electrons. The number of thioether (sulfide) groups is 1. The average Bonchev–Trinajstić information content (AvgIpc) is 2.19. The molecule has 4 nitrogen and oxygen atoms in total. The monoisotopic (exact) mass is 214 g/mol. The summed E-state index contributed by atoms with van der Waals surface area (Å²) >= 11 is 1.42. The first-order valence-corrected chi connectivity index (χ1v) is 6.08. The predicted octanol–water partition coefficient (Wildman–Crippen LogP) is -0.160. The summed E-state index contributed by atoms with van der Waals surface area (Å²) in [6.07, 6.45) is 2.00. The first-order valence-electron chi connectivity index (χ1n) is 4.92. The molecule has 1 atom stereocenters. The molecule has 0 aliphatic carbocycles. The predicted molar refractivity (Wildman–Crippen MR) is 55.1 cm³/mol. The molecule has 1 N–H and O–H groups in total. The highest BCUT2D eigenvalue weighted by Crippen LogP contribution is 2.18. The van der Waals surface area contributed by atoms with Crippen LogP contribution >= 0.6 is 11.8 Å². The molecule has 5 heteroatoms. The van der Waals surface area contributed by atoms with Gasteiger partial charge in [-0.25, -0.2) is 0 Å². The Morgan fingerprint density at radius 3 is 2.57 bits per heavy atom. The van der Waals surface area contributed by atoms with Gasteiger partial charge in [0.1, 0.15) is 0 Å². The van der Waals surface area contributed by atoms with Gasteiger partial charge in [0.05, 0.1) is 17.5 Å². The highest BCUT2D eigenvalue weighted by atomic mass is 32.2. The van der Waals surface area contributed by atoms with Crippen LogP contribution in [0, 0.1) is 0 Å². The Kier molecular flexibility index (Phi) is 3.08. The molecule has 0 aromatic rings. The topological polar surface area (TPSA) is 49.4 Å². The summed E-state index contributed by atoms with van der Waals surface area (Å²) in [6, 6.07) is 0.102. The number of carbonyl (C=O) groups excluding carboxylic acids is 2. The average molecular weight is 214 g/mol. The van der Waals surface area contributed by atoms with Gasteiger partial charge in [0.15, 0.2) is 0 Å². The van der Waals surface area contributed by atoms with E-state index in [1.807, 2.05) is 0 Å². The molecule has 0 radical (unpaired) electrons. The number of rotatable bonds is 1. The van der Waals surface area contributed by atoms with Crippen molar-refractivity contribution in [2.24, 2.45) is 0 Å². The van der Waals surface area contributed by atoms with Crippen LogP contribution in [0.1, 0.15) is 12.8 Å². The van der Waals surface area contributed by atoms with Crippen molar-refractivity contribution >= 4 is 23.6 Å². The minimum atomic E-state index is -0.0139. The van der Waals surface area contributed by atoms with Gasteiger partial charge in [-0.3, -0.25) is 14.5 Å². The Hall–Kier alpha value is -0.550. The third-order valence-corrected chi connectivity index (χ3v) is 3.53. The zero-order valence-electron chi connectivity index (χ0n) is 7.99. The van der Waals surface area contributed by atoms with E-state index in [1.165, 1.54) is 16.7 Å². The Labute approximate surface area is 87.4 Å². The summed E-state index contributed by atoms with van der Waals surface area (Å²) in [7, 11) is 0. The molecule has 0 spiro atoms. The molecule has 2 aliphatic heterocycles. The summed E-state index contributed by atoms with van der Waals surface area (Å²) in [5.74, 6) is 0.893. The van der Waals surface area contributed by atoms with E-state index < -0.39 is 0 Å². The lowest BCUT2D eigenvalue weighted by Gasteiger charge is -2.35.